The van der Waals surface area contributed by atoms with Crippen molar-refractivity contribution in [3.63, 3.8) is 0 Å². The van der Waals surface area contributed by atoms with Gasteiger partial charge in [0.25, 0.3) is 0 Å². The summed E-state index contributed by atoms with van der Waals surface area (Å²) in [4.78, 5) is 1.29. The maximum Gasteiger partial charge on any atom is 0.114 e. The SMILES string of the molecule is CNC(CSc1ccoc1C)C1CCCC1. The molecule has 1 aliphatic carbocycles. The Kier molecular flexibility index (Phi) is 4.36. The number of hydrogen-bond acceptors (Lipinski definition) is 3. The molecule has 1 fully saturated rings. The first-order valence-electron chi connectivity index (χ1n) is 6.15. The average Bonchev–Trinajstić information content (AvgIpc) is 2.92. The van der Waals surface area contributed by atoms with Crippen LogP contribution in [0, 0.1) is 12.8 Å². The molecule has 0 bridgehead atoms. The minimum atomic E-state index is 0.654. The molecule has 16 heavy (non-hydrogen) atoms. The molecular formula is C13H21NOS. The van der Waals surface area contributed by atoms with Crippen LogP contribution in [0.4, 0.5) is 0 Å². The van der Waals surface area contributed by atoms with Crippen LogP contribution in [0.2, 0.25) is 0 Å². The van der Waals surface area contributed by atoms with Crippen molar-refractivity contribution in [1.29, 1.82) is 0 Å². The highest BCUT2D eigenvalue weighted by Crippen LogP contribution is 2.31. The van der Waals surface area contributed by atoms with Crippen LogP contribution in [0.5, 0.6) is 0 Å². The summed E-state index contributed by atoms with van der Waals surface area (Å²) >= 11 is 1.92. The van der Waals surface area contributed by atoms with Crippen molar-refractivity contribution in [3.05, 3.63) is 18.1 Å². The summed E-state index contributed by atoms with van der Waals surface area (Å²) in [5.41, 5.74) is 0. The molecule has 1 unspecified atom stereocenters. The van der Waals surface area contributed by atoms with Gasteiger partial charge in [0.2, 0.25) is 0 Å². The highest BCUT2D eigenvalue weighted by molar-refractivity contribution is 7.99. The first-order valence-corrected chi connectivity index (χ1v) is 7.14. The lowest BCUT2D eigenvalue weighted by atomic mass is 10.0. The van der Waals surface area contributed by atoms with Gasteiger partial charge in [0.1, 0.15) is 5.76 Å². The van der Waals surface area contributed by atoms with Crippen molar-refractivity contribution in [3.8, 4) is 0 Å². The summed E-state index contributed by atoms with van der Waals surface area (Å²) < 4.78 is 5.31. The number of nitrogens with one attached hydrogen (secondary N) is 1. The molecule has 0 spiro atoms. The van der Waals surface area contributed by atoms with Crippen LogP contribution in [0.1, 0.15) is 31.4 Å². The Labute approximate surface area is 102 Å². The topological polar surface area (TPSA) is 25.2 Å². The highest BCUT2D eigenvalue weighted by Gasteiger charge is 2.23. The molecule has 1 heterocycles. The number of thioether (sulfide) groups is 1. The second kappa shape index (κ2) is 5.78. The third-order valence-corrected chi connectivity index (χ3v) is 4.83. The van der Waals surface area contributed by atoms with Gasteiger partial charge in [-0.2, -0.15) is 0 Å². The Morgan fingerprint density at radius 2 is 2.25 bits per heavy atom. The van der Waals surface area contributed by atoms with Gasteiger partial charge in [-0.3, -0.25) is 0 Å². The first-order chi connectivity index (χ1) is 7.81. The second-order valence-corrected chi connectivity index (χ2v) is 5.65. The molecule has 1 aliphatic rings. The summed E-state index contributed by atoms with van der Waals surface area (Å²) in [6.07, 6.45) is 7.41. The molecule has 1 aromatic heterocycles. The molecule has 1 N–H and O–H groups in total. The van der Waals surface area contributed by atoms with Crippen LogP contribution >= 0.6 is 11.8 Å². The maximum atomic E-state index is 5.31. The molecule has 2 nitrogen and oxygen atoms in total. The summed E-state index contributed by atoms with van der Waals surface area (Å²) in [5.74, 6) is 3.08. The number of aryl methyl sites for hydroxylation is 1. The zero-order chi connectivity index (χ0) is 11.4. The Bertz CT molecular complexity index is 317. The normalized spacial score (nSPS) is 19.1. The molecule has 0 radical (unpaired) electrons. The fraction of sp³-hybridized carbons (Fsp3) is 0.692. The molecule has 3 heteroatoms. The lowest BCUT2D eigenvalue weighted by Crippen LogP contribution is -2.34. The Hall–Kier alpha value is -0.410. The van der Waals surface area contributed by atoms with E-state index in [0.717, 1.165) is 17.4 Å². The fourth-order valence-corrected chi connectivity index (χ4v) is 3.72. The number of hydrogen-bond donors (Lipinski definition) is 1. The molecule has 2 rings (SSSR count). The minimum absolute atomic E-state index is 0.654. The minimum Gasteiger partial charge on any atom is -0.468 e. The standard InChI is InChI=1S/C13H21NOS/c1-10-13(7-8-15-10)16-9-12(14-2)11-5-3-4-6-11/h7-8,11-12,14H,3-6,9H2,1-2H3. The van der Waals surface area contributed by atoms with Crippen molar-refractivity contribution in [2.24, 2.45) is 5.92 Å². The maximum absolute atomic E-state index is 5.31. The van der Waals surface area contributed by atoms with Crippen LogP contribution in [0.15, 0.2) is 21.6 Å². The van der Waals surface area contributed by atoms with Crippen LogP contribution in [-0.2, 0) is 0 Å². The van der Waals surface area contributed by atoms with E-state index in [1.165, 1.54) is 30.6 Å². The van der Waals surface area contributed by atoms with E-state index in [2.05, 4.69) is 18.4 Å². The molecule has 0 saturated heterocycles. The van der Waals surface area contributed by atoms with Crippen LogP contribution < -0.4 is 5.32 Å². The monoisotopic (exact) mass is 239 g/mol. The van der Waals surface area contributed by atoms with Crippen molar-refractivity contribution in [2.75, 3.05) is 12.8 Å². The van der Waals surface area contributed by atoms with E-state index >= 15 is 0 Å². The van der Waals surface area contributed by atoms with E-state index in [0.29, 0.717) is 6.04 Å². The van der Waals surface area contributed by atoms with E-state index < -0.39 is 0 Å². The Morgan fingerprint density at radius 1 is 1.50 bits per heavy atom. The van der Waals surface area contributed by atoms with Crippen molar-refractivity contribution >= 4 is 11.8 Å². The van der Waals surface area contributed by atoms with Gasteiger partial charge in [0, 0.05) is 16.7 Å². The smallest absolute Gasteiger partial charge is 0.114 e. The summed E-state index contributed by atoms with van der Waals surface area (Å²) in [5, 5.41) is 3.47. The third kappa shape index (κ3) is 2.83. The molecule has 1 atom stereocenters. The van der Waals surface area contributed by atoms with Crippen molar-refractivity contribution in [1.82, 2.24) is 5.32 Å². The van der Waals surface area contributed by atoms with Gasteiger partial charge < -0.3 is 9.73 Å². The largest absolute Gasteiger partial charge is 0.468 e. The predicted molar refractivity (Wildman–Crippen MR) is 69.0 cm³/mol. The summed E-state index contributed by atoms with van der Waals surface area (Å²) in [6, 6.07) is 2.73. The van der Waals surface area contributed by atoms with Gasteiger partial charge in [0.15, 0.2) is 0 Å². The average molecular weight is 239 g/mol. The van der Waals surface area contributed by atoms with Gasteiger partial charge in [0.05, 0.1) is 6.26 Å². The second-order valence-electron chi connectivity index (χ2n) is 4.59. The van der Waals surface area contributed by atoms with E-state index in [9.17, 15) is 0 Å². The third-order valence-electron chi connectivity index (χ3n) is 3.57. The van der Waals surface area contributed by atoms with Gasteiger partial charge in [-0.15, -0.1) is 11.8 Å². The van der Waals surface area contributed by atoms with E-state index in [1.54, 1.807) is 6.26 Å². The molecule has 90 valence electrons. The quantitative estimate of drug-likeness (QED) is 0.797. The molecule has 1 aromatic rings. The van der Waals surface area contributed by atoms with Gasteiger partial charge in [-0.25, -0.2) is 0 Å². The summed E-state index contributed by atoms with van der Waals surface area (Å²) in [6.45, 7) is 2.03. The lowest BCUT2D eigenvalue weighted by molar-refractivity contribution is 0.410. The molecule has 0 aliphatic heterocycles. The zero-order valence-electron chi connectivity index (χ0n) is 10.2. The van der Waals surface area contributed by atoms with Gasteiger partial charge >= 0.3 is 0 Å². The fourth-order valence-electron chi connectivity index (χ4n) is 2.52. The first kappa shape index (κ1) is 12.1. The molecule has 0 aromatic carbocycles. The Balaban J connectivity index is 1.85. The van der Waals surface area contributed by atoms with Crippen molar-refractivity contribution in [2.45, 2.75) is 43.5 Å². The van der Waals surface area contributed by atoms with Crippen LogP contribution in [0.3, 0.4) is 0 Å². The van der Waals surface area contributed by atoms with E-state index in [-0.39, 0.29) is 0 Å². The molecular weight excluding hydrogens is 218 g/mol. The van der Waals surface area contributed by atoms with Crippen molar-refractivity contribution < 1.29 is 4.42 Å². The zero-order valence-corrected chi connectivity index (χ0v) is 11.0. The molecule has 0 amide bonds. The summed E-state index contributed by atoms with van der Waals surface area (Å²) in [7, 11) is 2.09. The Morgan fingerprint density at radius 3 is 2.81 bits per heavy atom. The number of furan rings is 1. The predicted octanol–water partition coefficient (Wildman–Crippen LogP) is 3.46. The van der Waals surface area contributed by atoms with Crippen LogP contribution in [-0.4, -0.2) is 18.8 Å². The molecule has 1 saturated carbocycles. The lowest BCUT2D eigenvalue weighted by Gasteiger charge is -2.22. The van der Waals surface area contributed by atoms with E-state index in [4.69, 9.17) is 4.42 Å². The van der Waals surface area contributed by atoms with E-state index in [1.807, 2.05) is 18.7 Å². The highest BCUT2D eigenvalue weighted by atomic mass is 32.2. The van der Waals surface area contributed by atoms with Crippen LogP contribution in [0.25, 0.3) is 0 Å². The van der Waals surface area contributed by atoms with Gasteiger partial charge in [-0.1, -0.05) is 12.8 Å². The number of rotatable bonds is 5. The van der Waals surface area contributed by atoms with Gasteiger partial charge in [-0.05, 0) is 38.8 Å².